The lowest BCUT2D eigenvalue weighted by Crippen LogP contribution is -2.15. The summed E-state index contributed by atoms with van der Waals surface area (Å²) in [7, 11) is -3.41. The van der Waals surface area contributed by atoms with Gasteiger partial charge in [-0.3, -0.25) is 0 Å². The molecule has 0 unspecified atom stereocenters. The van der Waals surface area contributed by atoms with Gasteiger partial charge in [-0.05, 0) is 29.8 Å². The molecule has 5 nitrogen and oxygen atoms in total. The van der Waals surface area contributed by atoms with Crippen LogP contribution in [0.25, 0.3) is 22.2 Å². The fourth-order valence-corrected chi connectivity index (χ4v) is 3.61. The van der Waals surface area contributed by atoms with Crippen molar-refractivity contribution in [3.8, 4) is 11.1 Å². The van der Waals surface area contributed by atoms with Crippen molar-refractivity contribution in [1.82, 2.24) is 9.55 Å². The van der Waals surface area contributed by atoms with Crippen LogP contribution in [-0.2, 0) is 22.6 Å². The lowest BCUT2D eigenvalue weighted by Gasteiger charge is -2.10. The Morgan fingerprint density at radius 1 is 1.17 bits per heavy atom. The molecule has 0 fully saturated rings. The SMILES string of the molecule is CS(=O)(=O)c1ccc(-c2cccc3c2nc(C(F)(F)F)n3C/C(F)=C/CN)cc1.Cl. The van der Waals surface area contributed by atoms with E-state index in [0.29, 0.717) is 11.1 Å². The highest BCUT2D eigenvalue weighted by molar-refractivity contribution is 7.90. The Morgan fingerprint density at radius 3 is 2.33 bits per heavy atom. The average molecular weight is 464 g/mol. The molecule has 0 atom stereocenters. The van der Waals surface area contributed by atoms with Crippen LogP contribution in [0.4, 0.5) is 17.6 Å². The number of nitrogens with two attached hydrogens (primary N) is 1. The topological polar surface area (TPSA) is 78.0 Å². The molecule has 3 rings (SSSR count). The second kappa shape index (κ2) is 8.75. The largest absolute Gasteiger partial charge is 0.449 e. The van der Waals surface area contributed by atoms with Crippen molar-refractivity contribution < 1.29 is 26.0 Å². The number of imidazole rings is 1. The molecule has 0 aliphatic carbocycles. The minimum absolute atomic E-state index is 0. The zero-order valence-electron chi connectivity index (χ0n) is 15.6. The van der Waals surface area contributed by atoms with Crippen molar-refractivity contribution in [3.05, 3.63) is 60.2 Å². The van der Waals surface area contributed by atoms with E-state index in [1.54, 1.807) is 6.07 Å². The second-order valence-corrected chi connectivity index (χ2v) is 8.39. The minimum Gasteiger partial charge on any atom is -0.327 e. The Morgan fingerprint density at radius 2 is 1.80 bits per heavy atom. The van der Waals surface area contributed by atoms with E-state index in [4.69, 9.17) is 5.73 Å². The van der Waals surface area contributed by atoms with Crippen molar-refractivity contribution in [2.75, 3.05) is 12.8 Å². The number of fused-ring (bicyclic) bond motifs is 1. The van der Waals surface area contributed by atoms with E-state index in [9.17, 15) is 26.0 Å². The number of allylic oxidation sites excluding steroid dienone is 1. The highest BCUT2D eigenvalue weighted by Gasteiger charge is 2.38. The molecule has 0 saturated carbocycles. The number of benzene rings is 2. The van der Waals surface area contributed by atoms with Gasteiger partial charge in [-0.1, -0.05) is 24.3 Å². The molecule has 0 aliphatic heterocycles. The highest BCUT2D eigenvalue weighted by Crippen LogP contribution is 2.36. The van der Waals surface area contributed by atoms with Gasteiger partial charge in [0.25, 0.3) is 0 Å². The van der Waals surface area contributed by atoms with Crippen LogP contribution in [-0.4, -0.2) is 30.8 Å². The third-order valence-electron chi connectivity index (χ3n) is 4.27. The molecule has 0 radical (unpaired) electrons. The number of hydrogen-bond donors (Lipinski definition) is 1. The van der Waals surface area contributed by atoms with Gasteiger partial charge < -0.3 is 10.3 Å². The molecule has 0 aliphatic rings. The van der Waals surface area contributed by atoms with Gasteiger partial charge in [-0.25, -0.2) is 17.8 Å². The van der Waals surface area contributed by atoms with Crippen molar-refractivity contribution in [3.63, 3.8) is 0 Å². The Kier molecular flexibility index (Phi) is 6.95. The molecule has 30 heavy (non-hydrogen) atoms. The molecule has 162 valence electrons. The molecule has 3 aromatic rings. The van der Waals surface area contributed by atoms with Crippen LogP contribution in [0.2, 0.25) is 0 Å². The van der Waals surface area contributed by atoms with E-state index < -0.39 is 34.2 Å². The summed E-state index contributed by atoms with van der Waals surface area (Å²) >= 11 is 0. The molecular formula is C19H18ClF4N3O2S. The van der Waals surface area contributed by atoms with Gasteiger partial charge in [0.2, 0.25) is 5.82 Å². The molecule has 1 aromatic heterocycles. The van der Waals surface area contributed by atoms with Crippen LogP contribution in [0.1, 0.15) is 5.82 Å². The molecule has 2 aromatic carbocycles. The lowest BCUT2D eigenvalue weighted by molar-refractivity contribution is -0.146. The summed E-state index contributed by atoms with van der Waals surface area (Å²) in [6, 6.07) is 10.2. The van der Waals surface area contributed by atoms with Gasteiger partial charge in [0.1, 0.15) is 5.83 Å². The van der Waals surface area contributed by atoms with Crippen molar-refractivity contribution in [2.24, 2.45) is 5.73 Å². The molecular weight excluding hydrogens is 446 g/mol. The number of para-hydroxylation sites is 1. The third-order valence-corrected chi connectivity index (χ3v) is 5.40. The van der Waals surface area contributed by atoms with Gasteiger partial charge >= 0.3 is 6.18 Å². The van der Waals surface area contributed by atoms with Gasteiger partial charge in [0.15, 0.2) is 9.84 Å². The highest BCUT2D eigenvalue weighted by atomic mass is 35.5. The first-order valence-corrected chi connectivity index (χ1v) is 10.3. The van der Waals surface area contributed by atoms with Gasteiger partial charge in [-0.15, -0.1) is 12.4 Å². The maximum Gasteiger partial charge on any atom is 0.449 e. The molecule has 0 spiro atoms. The van der Waals surface area contributed by atoms with Crippen molar-refractivity contribution in [1.29, 1.82) is 0 Å². The number of hydrogen-bond acceptors (Lipinski definition) is 4. The Labute approximate surface area is 176 Å². The Balaban J connectivity index is 0.00000320. The Hall–Kier alpha value is -2.43. The summed E-state index contributed by atoms with van der Waals surface area (Å²) in [4.78, 5) is 3.83. The summed E-state index contributed by atoms with van der Waals surface area (Å²) < 4.78 is 78.5. The fourth-order valence-electron chi connectivity index (χ4n) is 2.98. The van der Waals surface area contributed by atoms with Gasteiger partial charge in [-0.2, -0.15) is 13.2 Å². The van der Waals surface area contributed by atoms with E-state index in [1.165, 1.54) is 36.4 Å². The molecule has 0 amide bonds. The second-order valence-electron chi connectivity index (χ2n) is 6.38. The van der Waals surface area contributed by atoms with Crippen LogP contribution in [0.3, 0.4) is 0 Å². The van der Waals surface area contributed by atoms with E-state index >= 15 is 0 Å². The van der Waals surface area contributed by atoms with E-state index in [0.717, 1.165) is 16.9 Å². The monoisotopic (exact) mass is 463 g/mol. The maximum absolute atomic E-state index is 14.0. The summed E-state index contributed by atoms with van der Waals surface area (Å²) in [6.45, 7) is -0.795. The van der Waals surface area contributed by atoms with Crippen LogP contribution in [0, 0.1) is 0 Å². The third kappa shape index (κ3) is 4.82. The zero-order chi connectivity index (χ0) is 21.4. The quantitative estimate of drug-likeness (QED) is 0.570. The van der Waals surface area contributed by atoms with E-state index in [1.807, 2.05) is 0 Å². The summed E-state index contributed by atoms with van der Waals surface area (Å²) in [5.41, 5.74) is 6.22. The summed E-state index contributed by atoms with van der Waals surface area (Å²) in [5.74, 6) is -2.03. The van der Waals surface area contributed by atoms with Crippen LogP contribution < -0.4 is 5.73 Å². The first-order valence-electron chi connectivity index (χ1n) is 8.44. The molecule has 2 N–H and O–H groups in total. The zero-order valence-corrected chi connectivity index (χ0v) is 17.3. The normalized spacial score (nSPS) is 12.8. The lowest BCUT2D eigenvalue weighted by atomic mass is 10.0. The van der Waals surface area contributed by atoms with Crippen molar-refractivity contribution >= 4 is 33.3 Å². The van der Waals surface area contributed by atoms with Gasteiger partial charge in [0, 0.05) is 18.4 Å². The molecule has 1 heterocycles. The van der Waals surface area contributed by atoms with Gasteiger partial charge in [0.05, 0.1) is 22.5 Å². The number of nitrogens with zero attached hydrogens (tertiary/aromatic N) is 2. The number of rotatable bonds is 5. The molecule has 11 heteroatoms. The van der Waals surface area contributed by atoms with Crippen LogP contribution in [0.15, 0.2) is 59.3 Å². The average Bonchev–Trinajstić information content (AvgIpc) is 3.00. The van der Waals surface area contributed by atoms with E-state index in [-0.39, 0.29) is 34.9 Å². The number of halogens is 5. The van der Waals surface area contributed by atoms with E-state index in [2.05, 4.69) is 4.98 Å². The standard InChI is InChI=1S/C19H17F4N3O2S.ClH/c1-29(27,28)14-7-5-12(6-8-14)15-3-2-4-16-17(15)25-18(19(21,22)23)26(16)11-13(20)9-10-24;/h2-9H,10-11,24H2,1H3;1H/b13-9-;. The number of sulfone groups is 1. The first kappa shape index (κ1) is 23.8. The fraction of sp³-hybridized carbons (Fsp3) is 0.211. The first-order chi connectivity index (χ1) is 13.5. The smallest absolute Gasteiger partial charge is 0.327 e. The maximum atomic E-state index is 14.0. The van der Waals surface area contributed by atoms with Crippen LogP contribution in [0.5, 0.6) is 0 Å². The molecule has 0 saturated heterocycles. The predicted molar refractivity (Wildman–Crippen MR) is 109 cm³/mol. The van der Waals surface area contributed by atoms with Crippen LogP contribution >= 0.6 is 12.4 Å². The predicted octanol–water partition coefficient (Wildman–Crippen LogP) is 4.36. The number of alkyl halides is 3. The molecule has 0 bridgehead atoms. The summed E-state index contributed by atoms with van der Waals surface area (Å²) in [6.07, 6.45) is -2.73. The summed E-state index contributed by atoms with van der Waals surface area (Å²) in [5, 5.41) is 0. The Bertz CT molecular complexity index is 1190. The number of aromatic nitrogens is 2. The minimum atomic E-state index is -4.79. The van der Waals surface area contributed by atoms with Crippen molar-refractivity contribution in [2.45, 2.75) is 17.6 Å².